The van der Waals surface area contributed by atoms with E-state index in [1.54, 1.807) is 0 Å². The average Bonchev–Trinajstić information content (AvgIpc) is 2.34. The van der Waals surface area contributed by atoms with Gasteiger partial charge in [-0.05, 0) is 0 Å². The van der Waals surface area contributed by atoms with Gasteiger partial charge in [-0.25, -0.2) is 0 Å². The number of para-hydroxylation sites is 1. The zero-order chi connectivity index (χ0) is 11.8. The monoisotopic (exact) mass is 347 g/mol. The van der Waals surface area contributed by atoms with Crippen molar-refractivity contribution in [2.45, 2.75) is 19.6 Å². The van der Waals surface area contributed by atoms with Crippen molar-refractivity contribution in [3.8, 4) is 0 Å². The molecule has 2 nitrogen and oxygen atoms in total. The first kappa shape index (κ1) is 11.9. The molecule has 4 heteroatoms. The van der Waals surface area contributed by atoms with Crippen LogP contribution in [-0.2, 0) is 4.79 Å². The molecule has 1 N–H and O–H groups in total. The molecular weight excluding hydrogens is 330 g/mol. The van der Waals surface area contributed by atoms with Crippen molar-refractivity contribution in [2.75, 3.05) is 5.32 Å². The molecule has 84 valence electrons. The minimum absolute atomic E-state index is 0.0486. The molecule has 0 fully saturated rings. The van der Waals surface area contributed by atoms with E-state index in [9.17, 15) is 4.79 Å². The third-order valence-corrected chi connectivity index (χ3v) is 12.5. The molecule has 0 unspecified atom stereocenters. The van der Waals surface area contributed by atoms with Gasteiger partial charge >= 0.3 is 108 Å². The van der Waals surface area contributed by atoms with Crippen molar-refractivity contribution in [3.05, 3.63) is 33.6 Å². The SMILES string of the molecule is C[Si](C)(C)C1=CC(=O)Nc2ccccc2[Te]1. The molecule has 1 heterocycles. The molecule has 0 saturated heterocycles. The van der Waals surface area contributed by atoms with Gasteiger partial charge in [0.25, 0.3) is 0 Å². The van der Waals surface area contributed by atoms with Crippen molar-refractivity contribution in [1.29, 1.82) is 0 Å². The topological polar surface area (TPSA) is 29.1 Å². The number of anilines is 1. The zero-order valence-corrected chi connectivity index (χ0v) is 13.0. The van der Waals surface area contributed by atoms with Crippen LogP contribution >= 0.6 is 0 Å². The molecule has 1 aromatic carbocycles. The average molecular weight is 345 g/mol. The second-order valence-corrected chi connectivity index (χ2v) is 14.1. The van der Waals surface area contributed by atoms with E-state index in [4.69, 9.17) is 0 Å². The third kappa shape index (κ3) is 2.57. The zero-order valence-electron chi connectivity index (χ0n) is 9.70. The van der Waals surface area contributed by atoms with Crippen LogP contribution in [0.1, 0.15) is 0 Å². The van der Waals surface area contributed by atoms with Gasteiger partial charge in [0.1, 0.15) is 0 Å². The molecule has 1 aliphatic heterocycles. The molecule has 0 radical (unpaired) electrons. The van der Waals surface area contributed by atoms with Crippen molar-refractivity contribution in [3.63, 3.8) is 0 Å². The Morgan fingerprint density at radius 1 is 1.19 bits per heavy atom. The van der Waals surface area contributed by atoms with Gasteiger partial charge in [-0.15, -0.1) is 0 Å². The molecule has 0 saturated carbocycles. The van der Waals surface area contributed by atoms with E-state index in [1.807, 2.05) is 18.2 Å². The molecule has 1 aromatic rings. The Morgan fingerprint density at radius 3 is 2.56 bits per heavy atom. The first-order chi connectivity index (χ1) is 7.47. The number of carbonyl (C=O) groups is 1. The van der Waals surface area contributed by atoms with Crippen molar-refractivity contribution in [2.24, 2.45) is 0 Å². The minimum atomic E-state index is -1.34. The van der Waals surface area contributed by atoms with E-state index in [0.717, 1.165) is 5.69 Å². The van der Waals surface area contributed by atoms with Gasteiger partial charge in [0.15, 0.2) is 0 Å². The number of nitrogens with one attached hydrogen (secondary N) is 1. The summed E-state index contributed by atoms with van der Waals surface area (Å²) in [5, 5.41) is 2.96. The summed E-state index contributed by atoms with van der Waals surface area (Å²) in [4.78, 5) is 11.8. The van der Waals surface area contributed by atoms with Crippen molar-refractivity contribution >= 4 is 44.2 Å². The number of carbonyl (C=O) groups excluding carboxylic acids is 1. The van der Waals surface area contributed by atoms with Gasteiger partial charge in [0.2, 0.25) is 0 Å². The number of benzene rings is 1. The van der Waals surface area contributed by atoms with Gasteiger partial charge in [-0.1, -0.05) is 0 Å². The maximum atomic E-state index is 11.8. The fourth-order valence-electron chi connectivity index (χ4n) is 1.46. The van der Waals surface area contributed by atoms with Crippen LogP contribution in [0.3, 0.4) is 0 Å². The second kappa shape index (κ2) is 4.36. The Hall–Kier alpha value is -0.564. The van der Waals surface area contributed by atoms with Crippen LogP contribution in [0.2, 0.25) is 19.6 Å². The Morgan fingerprint density at radius 2 is 1.88 bits per heavy atom. The Balaban J connectivity index is 2.44. The summed E-state index contributed by atoms with van der Waals surface area (Å²) < 4.78 is 2.80. The predicted octanol–water partition coefficient (Wildman–Crippen LogP) is 1.73. The summed E-state index contributed by atoms with van der Waals surface area (Å²) in [6, 6.07) is 8.19. The number of hydrogen-bond donors (Lipinski definition) is 1. The summed E-state index contributed by atoms with van der Waals surface area (Å²) in [7, 11) is -1.34. The molecule has 0 atom stereocenters. The van der Waals surface area contributed by atoms with Gasteiger partial charge in [0, 0.05) is 0 Å². The molecule has 0 spiro atoms. The van der Waals surface area contributed by atoms with Gasteiger partial charge < -0.3 is 0 Å². The Kier molecular flexibility index (Phi) is 3.25. The molecule has 1 aliphatic rings. The van der Waals surface area contributed by atoms with Crippen molar-refractivity contribution < 1.29 is 4.79 Å². The number of fused-ring (bicyclic) bond motifs is 1. The second-order valence-electron chi connectivity index (χ2n) is 4.85. The Labute approximate surface area is 107 Å². The number of amides is 1. The quantitative estimate of drug-likeness (QED) is 0.772. The van der Waals surface area contributed by atoms with E-state index in [0.29, 0.717) is 0 Å². The van der Waals surface area contributed by atoms with E-state index in [1.165, 1.54) is 6.86 Å². The van der Waals surface area contributed by atoms with Crippen molar-refractivity contribution in [1.82, 2.24) is 0 Å². The van der Waals surface area contributed by atoms with Gasteiger partial charge in [0.05, 0.1) is 0 Å². The summed E-state index contributed by atoms with van der Waals surface area (Å²) in [6.45, 7) is 6.93. The molecule has 1 amide bonds. The molecule has 0 aliphatic carbocycles. The van der Waals surface area contributed by atoms with Crippen LogP contribution in [0.4, 0.5) is 5.69 Å². The summed E-state index contributed by atoms with van der Waals surface area (Å²) in [5.74, 6) is 0.0486. The van der Waals surface area contributed by atoms with E-state index < -0.39 is 8.07 Å². The fourth-order valence-corrected chi connectivity index (χ4v) is 7.92. The van der Waals surface area contributed by atoms with Crippen LogP contribution in [0.25, 0.3) is 0 Å². The summed E-state index contributed by atoms with van der Waals surface area (Å²) in [5.41, 5.74) is 1.01. The standard InChI is InChI=1S/C12H15NOSiTe/c1-15(2,3)12-8-11(14)13-9-6-4-5-7-10(9)16-12/h4-8H,1-3H3,(H,13,14). The predicted molar refractivity (Wildman–Crippen MR) is 71.9 cm³/mol. The van der Waals surface area contributed by atoms with Crippen LogP contribution < -0.4 is 8.93 Å². The third-order valence-electron chi connectivity index (χ3n) is 2.37. The first-order valence-electron chi connectivity index (χ1n) is 5.27. The molecule has 0 bridgehead atoms. The van der Waals surface area contributed by atoms with E-state index >= 15 is 0 Å². The maximum absolute atomic E-state index is 11.8. The molecule has 2 rings (SSSR count). The molecule has 0 aromatic heterocycles. The van der Waals surface area contributed by atoms with Crippen LogP contribution in [-0.4, -0.2) is 34.9 Å². The summed E-state index contributed by atoms with van der Waals surface area (Å²) >= 11 is -0.373. The van der Waals surface area contributed by atoms with Crippen LogP contribution in [0, 0.1) is 0 Å². The van der Waals surface area contributed by atoms with E-state index in [-0.39, 0.29) is 26.8 Å². The first-order valence-corrected chi connectivity index (χ1v) is 11.1. The van der Waals surface area contributed by atoms with E-state index in [2.05, 4.69) is 37.1 Å². The number of hydrogen-bond acceptors (Lipinski definition) is 1. The van der Waals surface area contributed by atoms with Crippen LogP contribution in [0.5, 0.6) is 0 Å². The Bertz CT molecular complexity index is 462. The molecule has 16 heavy (non-hydrogen) atoms. The summed E-state index contributed by atoms with van der Waals surface area (Å²) in [6.07, 6.45) is 1.86. The van der Waals surface area contributed by atoms with Gasteiger partial charge in [-0.3, -0.25) is 0 Å². The number of rotatable bonds is 1. The normalized spacial score (nSPS) is 15.9. The fraction of sp³-hybridized carbons (Fsp3) is 0.250. The molecular formula is C12H15NOSiTe. The van der Waals surface area contributed by atoms with Crippen LogP contribution in [0.15, 0.2) is 33.6 Å². The van der Waals surface area contributed by atoms with Gasteiger partial charge in [-0.2, -0.15) is 0 Å².